The van der Waals surface area contributed by atoms with E-state index in [0.717, 1.165) is 5.69 Å². The lowest BCUT2D eigenvalue weighted by atomic mass is 9.87. The van der Waals surface area contributed by atoms with Crippen molar-refractivity contribution in [1.82, 2.24) is 14.7 Å². The molecule has 1 aromatic rings. The summed E-state index contributed by atoms with van der Waals surface area (Å²) < 4.78 is 1.67. The summed E-state index contributed by atoms with van der Waals surface area (Å²) in [6, 6.07) is 2.11. The highest BCUT2D eigenvalue weighted by molar-refractivity contribution is 5.66. The minimum Gasteiger partial charge on any atom is -0.465 e. The maximum Gasteiger partial charge on any atom is 0.407 e. The van der Waals surface area contributed by atoms with E-state index in [1.54, 1.807) is 10.9 Å². The van der Waals surface area contributed by atoms with Crippen LogP contribution < -0.4 is 5.73 Å². The Hall–Kier alpha value is -2.23. The van der Waals surface area contributed by atoms with Gasteiger partial charge in [0.1, 0.15) is 5.54 Å². The van der Waals surface area contributed by atoms with Crippen LogP contribution in [0, 0.1) is 11.3 Å². The average molecular weight is 277 g/mol. The van der Waals surface area contributed by atoms with Gasteiger partial charge in [-0.05, 0) is 0 Å². The van der Waals surface area contributed by atoms with Gasteiger partial charge in [-0.25, -0.2) is 4.79 Å². The fourth-order valence-electron chi connectivity index (χ4n) is 2.50. The second-order valence-electron chi connectivity index (χ2n) is 6.33. The number of anilines is 1. The second kappa shape index (κ2) is 4.40. The summed E-state index contributed by atoms with van der Waals surface area (Å²) in [5, 5.41) is 22.5. The second-order valence-corrected chi connectivity index (χ2v) is 6.33. The molecule has 1 aromatic heterocycles. The van der Waals surface area contributed by atoms with Crippen LogP contribution in [0.25, 0.3) is 0 Å². The van der Waals surface area contributed by atoms with E-state index < -0.39 is 11.6 Å². The van der Waals surface area contributed by atoms with Crippen LogP contribution in [-0.2, 0) is 11.0 Å². The van der Waals surface area contributed by atoms with Gasteiger partial charge in [-0.2, -0.15) is 10.4 Å². The van der Waals surface area contributed by atoms with E-state index >= 15 is 0 Å². The Morgan fingerprint density at radius 3 is 2.60 bits per heavy atom. The van der Waals surface area contributed by atoms with E-state index in [1.165, 1.54) is 4.90 Å². The van der Waals surface area contributed by atoms with Crippen LogP contribution in [0.1, 0.15) is 32.9 Å². The van der Waals surface area contributed by atoms with E-state index in [0.29, 0.717) is 5.69 Å². The van der Waals surface area contributed by atoms with Crippen LogP contribution >= 0.6 is 0 Å². The van der Waals surface area contributed by atoms with Gasteiger partial charge in [0.2, 0.25) is 0 Å². The Labute approximate surface area is 117 Å². The lowest BCUT2D eigenvalue weighted by molar-refractivity contribution is 0.0135. The SMILES string of the molecule is CC(C)(C)c1nn(C2(CC#N)CN(C(=O)O)C2)cc1N. The summed E-state index contributed by atoms with van der Waals surface area (Å²) in [6.45, 7) is 6.56. The fraction of sp³-hybridized carbons (Fsp3) is 0.615. The number of amides is 1. The Kier molecular flexibility index (Phi) is 3.12. The summed E-state index contributed by atoms with van der Waals surface area (Å²) in [6.07, 6.45) is 0.938. The number of nitrogen functional groups attached to an aromatic ring is 1. The Morgan fingerprint density at radius 1 is 1.60 bits per heavy atom. The first-order valence-electron chi connectivity index (χ1n) is 6.40. The molecule has 1 aliphatic rings. The molecule has 0 spiro atoms. The van der Waals surface area contributed by atoms with Gasteiger partial charge in [-0.3, -0.25) is 4.68 Å². The van der Waals surface area contributed by atoms with Gasteiger partial charge in [0.05, 0.1) is 37.0 Å². The summed E-state index contributed by atoms with van der Waals surface area (Å²) in [5.74, 6) is 0. The number of hydrogen-bond acceptors (Lipinski definition) is 4. The number of hydrogen-bond donors (Lipinski definition) is 2. The maximum atomic E-state index is 10.9. The lowest BCUT2D eigenvalue weighted by Crippen LogP contribution is -2.64. The number of rotatable bonds is 2. The zero-order valence-electron chi connectivity index (χ0n) is 11.9. The molecule has 2 rings (SSSR count). The highest BCUT2D eigenvalue weighted by Crippen LogP contribution is 2.35. The van der Waals surface area contributed by atoms with Crippen LogP contribution in [0.4, 0.5) is 10.5 Å². The maximum absolute atomic E-state index is 10.9. The molecule has 1 saturated heterocycles. The molecule has 20 heavy (non-hydrogen) atoms. The minimum atomic E-state index is -0.977. The Bertz CT molecular complexity index is 573. The van der Waals surface area contributed by atoms with Crippen molar-refractivity contribution in [1.29, 1.82) is 5.26 Å². The molecule has 0 bridgehead atoms. The van der Waals surface area contributed by atoms with Gasteiger partial charge < -0.3 is 15.7 Å². The molecule has 0 aliphatic carbocycles. The third-order valence-corrected chi connectivity index (χ3v) is 3.59. The van der Waals surface area contributed by atoms with Gasteiger partial charge in [-0.15, -0.1) is 0 Å². The van der Waals surface area contributed by atoms with Crippen molar-refractivity contribution in [3.05, 3.63) is 11.9 Å². The first kappa shape index (κ1) is 14.2. The molecule has 1 amide bonds. The van der Waals surface area contributed by atoms with Gasteiger partial charge >= 0.3 is 6.09 Å². The molecule has 108 valence electrons. The fourth-order valence-corrected chi connectivity index (χ4v) is 2.50. The van der Waals surface area contributed by atoms with Crippen molar-refractivity contribution < 1.29 is 9.90 Å². The molecule has 7 nitrogen and oxygen atoms in total. The molecule has 0 saturated carbocycles. The zero-order valence-corrected chi connectivity index (χ0v) is 11.9. The molecular formula is C13H19N5O2. The number of nitriles is 1. The quantitative estimate of drug-likeness (QED) is 0.848. The highest BCUT2D eigenvalue weighted by atomic mass is 16.4. The van der Waals surface area contributed by atoms with Crippen LogP contribution in [0.3, 0.4) is 0 Å². The number of carboxylic acid groups (broad SMARTS) is 1. The predicted molar refractivity (Wildman–Crippen MR) is 73.1 cm³/mol. The molecule has 0 unspecified atom stereocenters. The molecule has 0 radical (unpaired) electrons. The number of nitrogens with two attached hydrogens (primary N) is 1. The van der Waals surface area contributed by atoms with Crippen molar-refractivity contribution in [2.24, 2.45) is 0 Å². The third-order valence-electron chi connectivity index (χ3n) is 3.59. The summed E-state index contributed by atoms with van der Waals surface area (Å²) in [4.78, 5) is 12.2. The van der Waals surface area contributed by atoms with Crippen LogP contribution in [0.15, 0.2) is 6.20 Å². The number of carbonyl (C=O) groups is 1. The van der Waals surface area contributed by atoms with E-state index in [4.69, 9.17) is 16.1 Å². The molecular weight excluding hydrogens is 258 g/mol. The van der Waals surface area contributed by atoms with Gasteiger partial charge in [-0.1, -0.05) is 20.8 Å². The van der Waals surface area contributed by atoms with Crippen molar-refractivity contribution in [2.75, 3.05) is 18.8 Å². The summed E-state index contributed by atoms with van der Waals surface area (Å²) in [5.41, 5.74) is 6.55. The molecule has 3 N–H and O–H groups in total. The van der Waals surface area contributed by atoms with Crippen LogP contribution in [0.2, 0.25) is 0 Å². The first-order chi connectivity index (χ1) is 9.19. The van der Waals surface area contributed by atoms with Crippen LogP contribution in [-0.4, -0.2) is 39.0 Å². The standard InChI is InChI=1S/C13H19N5O2/c1-12(2,3)10-9(15)6-18(16-10)13(4-5-14)7-17(8-13)11(19)20/h6H,4,7-8,15H2,1-3H3,(H,19,20). The van der Waals surface area contributed by atoms with Crippen molar-refractivity contribution in [3.63, 3.8) is 0 Å². The Balaban J connectivity index is 2.34. The summed E-state index contributed by atoms with van der Waals surface area (Å²) >= 11 is 0. The smallest absolute Gasteiger partial charge is 0.407 e. The monoisotopic (exact) mass is 277 g/mol. The van der Waals surface area contributed by atoms with Crippen molar-refractivity contribution in [3.8, 4) is 6.07 Å². The summed E-state index contributed by atoms with van der Waals surface area (Å²) in [7, 11) is 0. The Morgan fingerprint density at radius 2 is 2.20 bits per heavy atom. The van der Waals surface area contributed by atoms with Gasteiger partial charge in [0, 0.05) is 11.6 Å². The van der Waals surface area contributed by atoms with E-state index in [-0.39, 0.29) is 24.9 Å². The van der Waals surface area contributed by atoms with Gasteiger partial charge in [0.15, 0.2) is 0 Å². The van der Waals surface area contributed by atoms with E-state index in [2.05, 4.69) is 11.2 Å². The molecule has 1 fully saturated rings. The lowest BCUT2D eigenvalue weighted by Gasteiger charge is -2.47. The predicted octanol–water partition coefficient (Wildman–Crippen LogP) is 1.37. The normalized spacial score (nSPS) is 17.4. The van der Waals surface area contributed by atoms with Crippen molar-refractivity contribution in [2.45, 2.75) is 38.1 Å². The largest absolute Gasteiger partial charge is 0.465 e. The van der Waals surface area contributed by atoms with E-state index in [9.17, 15) is 4.79 Å². The minimum absolute atomic E-state index is 0.195. The highest BCUT2D eigenvalue weighted by Gasteiger charge is 2.48. The van der Waals surface area contributed by atoms with Crippen LogP contribution in [0.5, 0.6) is 0 Å². The number of likely N-dealkylation sites (tertiary alicyclic amines) is 1. The first-order valence-corrected chi connectivity index (χ1v) is 6.40. The molecule has 2 heterocycles. The molecule has 7 heteroatoms. The molecule has 0 atom stereocenters. The van der Waals surface area contributed by atoms with Crippen molar-refractivity contribution >= 4 is 11.8 Å². The topological polar surface area (TPSA) is 108 Å². The number of nitrogens with zero attached hydrogens (tertiary/aromatic N) is 4. The zero-order chi connectivity index (χ0) is 15.1. The van der Waals surface area contributed by atoms with Gasteiger partial charge in [0.25, 0.3) is 0 Å². The van der Waals surface area contributed by atoms with E-state index in [1.807, 2.05) is 20.8 Å². The number of aromatic nitrogens is 2. The third kappa shape index (κ3) is 2.18. The molecule has 0 aromatic carbocycles. The molecule has 1 aliphatic heterocycles. The average Bonchev–Trinajstić information content (AvgIpc) is 2.64.